The van der Waals surface area contributed by atoms with Crippen LogP contribution in [0, 0.1) is 0 Å². The highest BCUT2D eigenvalue weighted by atomic mass is 15.2. The van der Waals surface area contributed by atoms with E-state index in [9.17, 15) is 0 Å². The number of rotatable bonds is 5. The molecule has 0 bridgehead atoms. The molecule has 1 fully saturated rings. The SMILES string of the molecule is CCNCc1ccc(CN2CCCC2(C)C)cc1. The highest BCUT2D eigenvalue weighted by Gasteiger charge is 2.31. The second-order valence-corrected chi connectivity index (χ2v) is 5.93. The van der Waals surface area contributed by atoms with Gasteiger partial charge < -0.3 is 5.32 Å². The van der Waals surface area contributed by atoms with Gasteiger partial charge in [0.15, 0.2) is 0 Å². The van der Waals surface area contributed by atoms with E-state index in [0.717, 1.165) is 19.6 Å². The summed E-state index contributed by atoms with van der Waals surface area (Å²) in [5.74, 6) is 0. The molecule has 1 aromatic carbocycles. The van der Waals surface area contributed by atoms with Gasteiger partial charge in [-0.2, -0.15) is 0 Å². The normalized spacial score (nSPS) is 19.3. The smallest absolute Gasteiger partial charge is 0.0239 e. The summed E-state index contributed by atoms with van der Waals surface area (Å²) in [5.41, 5.74) is 3.19. The van der Waals surface area contributed by atoms with Crippen LogP contribution in [0.25, 0.3) is 0 Å². The summed E-state index contributed by atoms with van der Waals surface area (Å²) >= 11 is 0. The molecule has 1 N–H and O–H groups in total. The van der Waals surface area contributed by atoms with Crippen LogP contribution in [-0.4, -0.2) is 23.5 Å². The average molecular weight is 246 g/mol. The Morgan fingerprint density at radius 1 is 1.17 bits per heavy atom. The predicted molar refractivity (Wildman–Crippen MR) is 77.5 cm³/mol. The standard InChI is InChI=1S/C16H26N2/c1-4-17-12-14-6-8-15(9-7-14)13-18-11-5-10-16(18,2)3/h6-9,17H,4-5,10-13H2,1-3H3. The van der Waals surface area contributed by atoms with Crippen molar-refractivity contribution in [1.29, 1.82) is 0 Å². The van der Waals surface area contributed by atoms with Crippen LogP contribution < -0.4 is 5.32 Å². The highest BCUT2D eigenvalue weighted by Crippen LogP contribution is 2.29. The minimum atomic E-state index is 0.377. The molecule has 2 heteroatoms. The van der Waals surface area contributed by atoms with E-state index < -0.39 is 0 Å². The second-order valence-electron chi connectivity index (χ2n) is 5.93. The van der Waals surface area contributed by atoms with Crippen LogP contribution in [0.4, 0.5) is 0 Å². The molecule has 2 rings (SSSR count). The quantitative estimate of drug-likeness (QED) is 0.858. The maximum Gasteiger partial charge on any atom is 0.0239 e. The lowest BCUT2D eigenvalue weighted by Crippen LogP contribution is -2.37. The van der Waals surface area contributed by atoms with Gasteiger partial charge in [0.1, 0.15) is 0 Å². The van der Waals surface area contributed by atoms with E-state index in [1.807, 2.05) is 0 Å². The number of benzene rings is 1. The first-order chi connectivity index (χ1) is 8.62. The topological polar surface area (TPSA) is 15.3 Å². The third kappa shape index (κ3) is 3.33. The van der Waals surface area contributed by atoms with Crippen LogP contribution >= 0.6 is 0 Å². The Morgan fingerprint density at radius 3 is 2.39 bits per heavy atom. The lowest BCUT2D eigenvalue weighted by Gasteiger charge is -2.31. The van der Waals surface area contributed by atoms with Crippen LogP contribution in [0.1, 0.15) is 44.7 Å². The first-order valence-electron chi connectivity index (χ1n) is 7.15. The van der Waals surface area contributed by atoms with Crippen LogP contribution in [-0.2, 0) is 13.1 Å². The fraction of sp³-hybridized carbons (Fsp3) is 0.625. The van der Waals surface area contributed by atoms with Crippen LogP contribution in [0.5, 0.6) is 0 Å². The van der Waals surface area contributed by atoms with Gasteiger partial charge in [0.25, 0.3) is 0 Å². The Bertz CT molecular complexity index is 367. The van der Waals surface area contributed by atoms with Crippen molar-refractivity contribution in [3.63, 3.8) is 0 Å². The zero-order chi connectivity index (χ0) is 13.0. The Balaban J connectivity index is 1.94. The van der Waals surface area contributed by atoms with Gasteiger partial charge >= 0.3 is 0 Å². The molecule has 0 aromatic heterocycles. The van der Waals surface area contributed by atoms with Gasteiger partial charge in [-0.05, 0) is 50.9 Å². The molecule has 0 saturated carbocycles. The van der Waals surface area contributed by atoms with E-state index in [1.165, 1.54) is 30.5 Å². The van der Waals surface area contributed by atoms with Crippen molar-refractivity contribution >= 4 is 0 Å². The van der Waals surface area contributed by atoms with Crippen LogP contribution in [0.15, 0.2) is 24.3 Å². The van der Waals surface area contributed by atoms with Gasteiger partial charge in [0.2, 0.25) is 0 Å². The Morgan fingerprint density at radius 2 is 1.83 bits per heavy atom. The number of hydrogen-bond acceptors (Lipinski definition) is 2. The molecule has 0 spiro atoms. The van der Waals surface area contributed by atoms with Crippen molar-refractivity contribution in [3.8, 4) is 0 Å². The molecule has 18 heavy (non-hydrogen) atoms. The third-order valence-electron chi connectivity index (χ3n) is 4.05. The fourth-order valence-electron chi connectivity index (χ4n) is 2.71. The van der Waals surface area contributed by atoms with Crippen molar-refractivity contribution in [2.75, 3.05) is 13.1 Å². The van der Waals surface area contributed by atoms with Gasteiger partial charge in [-0.25, -0.2) is 0 Å². The van der Waals surface area contributed by atoms with Crippen molar-refractivity contribution in [1.82, 2.24) is 10.2 Å². The molecule has 0 atom stereocenters. The first-order valence-corrected chi connectivity index (χ1v) is 7.15. The summed E-state index contributed by atoms with van der Waals surface area (Å²) in [6.07, 6.45) is 2.66. The molecule has 0 amide bonds. The molecular weight excluding hydrogens is 220 g/mol. The van der Waals surface area contributed by atoms with Crippen LogP contribution in [0.2, 0.25) is 0 Å². The van der Waals surface area contributed by atoms with Gasteiger partial charge in [-0.1, -0.05) is 31.2 Å². The lowest BCUT2D eigenvalue weighted by molar-refractivity contribution is 0.166. The molecule has 100 valence electrons. The molecule has 1 saturated heterocycles. The van der Waals surface area contributed by atoms with Gasteiger partial charge in [0.05, 0.1) is 0 Å². The van der Waals surface area contributed by atoms with E-state index >= 15 is 0 Å². The summed E-state index contributed by atoms with van der Waals surface area (Å²) in [6.45, 7) is 11.2. The molecular formula is C16H26N2. The van der Waals surface area contributed by atoms with Gasteiger partial charge in [0, 0.05) is 18.6 Å². The van der Waals surface area contributed by atoms with E-state index in [2.05, 4.69) is 55.3 Å². The first kappa shape index (κ1) is 13.6. The summed E-state index contributed by atoms with van der Waals surface area (Å²) in [5, 5.41) is 3.36. The molecule has 0 radical (unpaired) electrons. The van der Waals surface area contributed by atoms with E-state index in [1.54, 1.807) is 0 Å². The summed E-state index contributed by atoms with van der Waals surface area (Å²) in [6, 6.07) is 9.06. The van der Waals surface area contributed by atoms with Crippen molar-refractivity contribution in [3.05, 3.63) is 35.4 Å². The van der Waals surface area contributed by atoms with E-state index in [4.69, 9.17) is 0 Å². The molecule has 2 nitrogen and oxygen atoms in total. The Hall–Kier alpha value is -0.860. The summed E-state index contributed by atoms with van der Waals surface area (Å²) < 4.78 is 0. The van der Waals surface area contributed by atoms with Crippen molar-refractivity contribution in [2.45, 2.75) is 52.2 Å². The van der Waals surface area contributed by atoms with Crippen LogP contribution in [0.3, 0.4) is 0 Å². The molecule has 0 unspecified atom stereocenters. The van der Waals surface area contributed by atoms with Gasteiger partial charge in [-0.15, -0.1) is 0 Å². The zero-order valence-corrected chi connectivity index (χ0v) is 12.0. The minimum absolute atomic E-state index is 0.377. The molecule has 1 heterocycles. The fourth-order valence-corrected chi connectivity index (χ4v) is 2.71. The largest absolute Gasteiger partial charge is 0.313 e. The van der Waals surface area contributed by atoms with Crippen molar-refractivity contribution in [2.24, 2.45) is 0 Å². The number of hydrogen-bond donors (Lipinski definition) is 1. The summed E-state index contributed by atoms with van der Waals surface area (Å²) in [7, 11) is 0. The second kappa shape index (κ2) is 5.85. The number of nitrogens with one attached hydrogen (secondary N) is 1. The number of likely N-dealkylation sites (tertiary alicyclic amines) is 1. The lowest BCUT2D eigenvalue weighted by atomic mass is 10.0. The maximum absolute atomic E-state index is 3.36. The van der Waals surface area contributed by atoms with Gasteiger partial charge in [-0.3, -0.25) is 4.90 Å². The van der Waals surface area contributed by atoms with E-state index in [-0.39, 0.29) is 0 Å². The third-order valence-corrected chi connectivity index (χ3v) is 4.05. The summed E-state index contributed by atoms with van der Waals surface area (Å²) in [4.78, 5) is 2.60. The maximum atomic E-state index is 3.36. The molecule has 0 aliphatic carbocycles. The highest BCUT2D eigenvalue weighted by molar-refractivity contribution is 5.22. The monoisotopic (exact) mass is 246 g/mol. The van der Waals surface area contributed by atoms with Crippen molar-refractivity contribution < 1.29 is 0 Å². The molecule has 1 aliphatic heterocycles. The average Bonchev–Trinajstić information content (AvgIpc) is 2.68. The van der Waals surface area contributed by atoms with E-state index in [0.29, 0.717) is 5.54 Å². The number of nitrogens with zero attached hydrogens (tertiary/aromatic N) is 1. The zero-order valence-electron chi connectivity index (χ0n) is 12.0. The minimum Gasteiger partial charge on any atom is -0.313 e. The Labute approximate surface area is 111 Å². The Kier molecular flexibility index (Phi) is 4.41. The molecule has 1 aromatic rings. The molecule has 1 aliphatic rings. The predicted octanol–water partition coefficient (Wildman–Crippen LogP) is 3.17.